The Bertz CT molecular complexity index is 683. The molecular formula is C15H14N2O4S. The molecule has 6 nitrogen and oxygen atoms in total. The van der Waals surface area contributed by atoms with Crippen LogP contribution in [0.5, 0.6) is 0 Å². The maximum absolute atomic E-state index is 11.7. The van der Waals surface area contributed by atoms with Crippen LogP contribution in [0.2, 0.25) is 0 Å². The molecule has 0 radical (unpaired) electrons. The minimum absolute atomic E-state index is 0.0320. The lowest BCUT2D eigenvalue weighted by Crippen LogP contribution is -2.26. The fourth-order valence-corrected chi connectivity index (χ4v) is 2.46. The van der Waals surface area contributed by atoms with E-state index in [0.29, 0.717) is 5.56 Å². The standard InChI is InChI=1S/C15H14N2O4S/c18-14(12-6-7-22-10-12)9-16-15(19)5-4-11-2-1-3-13(8-11)17(20)21/h1-8,10,14,18H,9H2,(H,16,19)/b5-4+. The second-order valence-electron chi connectivity index (χ2n) is 4.50. The molecule has 1 atom stereocenters. The second kappa shape index (κ2) is 7.48. The predicted octanol–water partition coefficient (Wildman–Crippen LogP) is 2.52. The maximum Gasteiger partial charge on any atom is 0.270 e. The summed E-state index contributed by atoms with van der Waals surface area (Å²) in [5.74, 6) is -0.374. The topological polar surface area (TPSA) is 92.5 Å². The van der Waals surface area contributed by atoms with E-state index in [1.54, 1.807) is 18.2 Å². The van der Waals surface area contributed by atoms with Gasteiger partial charge in [-0.1, -0.05) is 12.1 Å². The van der Waals surface area contributed by atoms with Gasteiger partial charge in [-0.25, -0.2) is 0 Å². The van der Waals surface area contributed by atoms with Gasteiger partial charge in [0.25, 0.3) is 5.69 Å². The summed E-state index contributed by atoms with van der Waals surface area (Å²) < 4.78 is 0. The van der Waals surface area contributed by atoms with Crippen molar-refractivity contribution in [3.8, 4) is 0 Å². The number of hydrogen-bond donors (Lipinski definition) is 2. The highest BCUT2D eigenvalue weighted by Gasteiger charge is 2.08. The van der Waals surface area contributed by atoms with Crippen LogP contribution in [0, 0.1) is 10.1 Å². The molecule has 1 heterocycles. The van der Waals surface area contributed by atoms with Crippen LogP contribution in [0.15, 0.2) is 47.2 Å². The van der Waals surface area contributed by atoms with E-state index < -0.39 is 11.0 Å². The first-order valence-electron chi connectivity index (χ1n) is 6.47. The molecule has 1 aromatic carbocycles. The molecule has 1 amide bonds. The Labute approximate surface area is 130 Å². The fraction of sp³-hybridized carbons (Fsp3) is 0.133. The normalized spacial score (nSPS) is 12.2. The maximum atomic E-state index is 11.7. The number of hydrogen-bond acceptors (Lipinski definition) is 5. The van der Waals surface area contributed by atoms with Crippen molar-refractivity contribution < 1.29 is 14.8 Å². The molecule has 114 valence electrons. The molecule has 22 heavy (non-hydrogen) atoms. The molecule has 1 unspecified atom stereocenters. The molecule has 7 heteroatoms. The lowest BCUT2D eigenvalue weighted by atomic mass is 10.2. The molecule has 1 aromatic heterocycles. The third kappa shape index (κ3) is 4.51. The molecule has 0 bridgehead atoms. The summed E-state index contributed by atoms with van der Waals surface area (Å²) in [6.07, 6.45) is 2.01. The number of nitro groups is 1. The van der Waals surface area contributed by atoms with E-state index >= 15 is 0 Å². The Morgan fingerprint density at radius 2 is 2.27 bits per heavy atom. The van der Waals surface area contributed by atoms with E-state index in [1.165, 1.54) is 35.6 Å². The van der Waals surface area contributed by atoms with Gasteiger partial charge in [-0.05, 0) is 34.0 Å². The third-order valence-corrected chi connectivity index (χ3v) is 3.61. The minimum atomic E-state index is -0.749. The first-order valence-corrected chi connectivity index (χ1v) is 7.41. The van der Waals surface area contributed by atoms with Crippen molar-refractivity contribution in [2.24, 2.45) is 0 Å². The SMILES string of the molecule is O=C(/C=C/c1cccc([N+](=O)[O-])c1)NCC(O)c1ccsc1. The van der Waals surface area contributed by atoms with Crippen molar-refractivity contribution in [2.45, 2.75) is 6.10 Å². The summed E-state index contributed by atoms with van der Waals surface area (Å²) in [7, 11) is 0. The van der Waals surface area contributed by atoms with Crippen LogP contribution in [-0.4, -0.2) is 22.5 Å². The average Bonchev–Trinajstić information content (AvgIpc) is 3.05. The zero-order chi connectivity index (χ0) is 15.9. The van der Waals surface area contributed by atoms with Crippen molar-refractivity contribution in [1.82, 2.24) is 5.32 Å². The Kier molecular flexibility index (Phi) is 5.40. The van der Waals surface area contributed by atoms with Crippen LogP contribution in [-0.2, 0) is 4.79 Å². The van der Waals surface area contributed by atoms with Crippen LogP contribution in [0.3, 0.4) is 0 Å². The van der Waals surface area contributed by atoms with Gasteiger partial charge in [-0.15, -0.1) is 0 Å². The minimum Gasteiger partial charge on any atom is -0.387 e. The van der Waals surface area contributed by atoms with E-state index in [0.717, 1.165) is 5.56 Å². The first kappa shape index (κ1) is 15.9. The quantitative estimate of drug-likeness (QED) is 0.486. The number of benzene rings is 1. The number of amides is 1. The van der Waals surface area contributed by atoms with Gasteiger partial charge in [-0.2, -0.15) is 11.3 Å². The molecular weight excluding hydrogens is 304 g/mol. The fourth-order valence-electron chi connectivity index (χ4n) is 1.75. The van der Waals surface area contributed by atoms with Crippen LogP contribution in [0.4, 0.5) is 5.69 Å². The van der Waals surface area contributed by atoms with Gasteiger partial charge in [0.2, 0.25) is 5.91 Å². The highest BCUT2D eigenvalue weighted by molar-refractivity contribution is 7.07. The van der Waals surface area contributed by atoms with Gasteiger partial charge in [0.05, 0.1) is 11.0 Å². The third-order valence-electron chi connectivity index (χ3n) is 2.91. The van der Waals surface area contributed by atoms with Crippen molar-refractivity contribution in [1.29, 1.82) is 0 Å². The van der Waals surface area contributed by atoms with Crippen LogP contribution in [0.1, 0.15) is 17.2 Å². The largest absolute Gasteiger partial charge is 0.387 e. The highest BCUT2D eigenvalue weighted by atomic mass is 32.1. The zero-order valence-electron chi connectivity index (χ0n) is 11.5. The average molecular weight is 318 g/mol. The van der Waals surface area contributed by atoms with Gasteiger partial charge in [0.15, 0.2) is 0 Å². The summed E-state index contributed by atoms with van der Waals surface area (Å²) in [6.45, 7) is 0.106. The van der Waals surface area contributed by atoms with Crippen LogP contribution in [0.25, 0.3) is 6.08 Å². The Morgan fingerprint density at radius 3 is 2.95 bits per heavy atom. The predicted molar refractivity (Wildman–Crippen MR) is 84.4 cm³/mol. The number of non-ortho nitro benzene ring substituents is 1. The molecule has 0 fully saturated rings. The van der Waals surface area contributed by atoms with E-state index in [9.17, 15) is 20.0 Å². The van der Waals surface area contributed by atoms with E-state index in [1.807, 2.05) is 10.8 Å². The summed E-state index contributed by atoms with van der Waals surface area (Å²) in [5, 5.41) is 26.7. The number of rotatable bonds is 6. The Balaban J connectivity index is 1.89. The van der Waals surface area contributed by atoms with E-state index in [-0.39, 0.29) is 18.1 Å². The Morgan fingerprint density at radius 1 is 1.45 bits per heavy atom. The number of aliphatic hydroxyl groups is 1. The molecule has 0 aliphatic carbocycles. The lowest BCUT2D eigenvalue weighted by molar-refractivity contribution is -0.384. The summed E-state index contributed by atoms with van der Waals surface area (Å²) >= 11 is 1.47. The van der Waals surface area contributed by atoms with Crippen LogP contribution >= 0.6 is 11.3 Å². The number of thiophene rings is 1. The first-order chi connectivity index (χ1) is 10.6. The van der Waals surface area contributed by atoms with E-state index in [2.05, 4.69) is 5.32 Å². The van der Waals surface area contributed by atoms with Crippen molar-refractivity contribution in [2.75, 3.05) is 6.54 Å². The molecule has 0 saturated heterocycles. The Hall–Kier alpha value is -2.51. The lowest BCUT2D eigenvalue weighted by Gasteiger charge is -2.08. The van der Waals surface area contributed by atoms with Crippen molar-refractivity contribution >= 4 is 29.0 Å². The molecule has 0 saturated carbocycles. The molecule has 0 spiro atoms. The number of nitro benzene ring substituents is 1. The monoisotopic (exact) mass is 318 g/mol. The van der Waals surface area contributed by atoms with Gasteiger partial charge >= 0.3 is 0 Å². The van der Waals surface area contributed by atoms with Crippen LogP contribution < -0.4 is 5.32 Å². The summed E-state index contributed by atoms with van der Waals surface area (Å²) in [5.41, 5.74) is 1.28. The van der Waals surface area contributed by atoms with Crippen molar-refractivity contribution in [3.05, 3.63) is 68.4 Å². The molecule has 2 aromatic rings. The van der Waals surface area contributed by atoms with Crippen molar-refractivity contribution in [3.63, 3.8) is 0 Å². The summed E-state index contributed by atoms with van der Waals surface area (Å²) in [6, 6.07) is 7.77. The smallest absolute Gasteiger partial charge is 0.270 e. The number of nitrogens with zero attached hydrogens (tertiary/aromatic N) is 1. The highest BCUT2D eigenvalue weighted by Crippen LogP contribution is 2.15. The van der Waals surface area contributed by atoms with Gasteiger partial charge < -0.3 is 10.4 Å². The number of aliphatic hydroxyl groups excluding tert-OH is 1. The molecule has 0 aliphatic rings. The molecule has 2 rings (SSSR count). The van der Waals surface area contributed by atoms with E-state index in [4.69, 9.17) is 0 Å². The molecule has 2 N–H and O–H groups in total. The van der Waals surface area contributed by atoms with Gasteiger partial charge in [0, 0.05) is 24.8 Å². The summed E-state index contributed by atoms with van der Waals surface area (Å²) in [4.78, 5) is 21.8. The molecule has 0 aliphatic heterocycles. The number of carbonyl (C=O) groups excluding carboxylic acids is 1. The van der Waals surface area contributed by atoms with Gasteiger partial charge in [-0.3, -0.25) is 14.9 Å². The zero-order valence-corrected chi connectivity index (χ0v) is 12.3. The number of nitrogens with one attached hydrogen (secondary N) is 1. The second-order valence-corrected chi connectivity index (χ2v) is 5.28. The van der Waals surface area contributed by atoms with Gasteiger partial charge in [0.1, 0.15) is 0 Å². The number of carbonyl (C=O) groups is 1.